The highest BCUT2D eigenvalue weighted by atomic mass is 35.5. The van der Waals surface area contributed by atoms with E-state index in [1.807, 2.05) is 24.3 Å². The van der Waals surface area contributed by atoms with Gasteiger partial charge >= 0.3 is 0 Å². The minimum Gasteiger partial charge on any atom is -0.496 e. The van der Waals surface area contributed by atoms with E-state index in [0.29, 0.717) is 0 Å². The minimum atomic E-state index is 0.734. The van der Waals surface area contributed by atoms with E-state index in [0.717, 1.165) is 45.7 Å². The molecule has 0 unspecified atom stereocenters. The van der Waals surface area contributed by atoms with E-state index >= 15 is 0 Å². The summed E-state index contributed by atoms with van der Waals surface area (Å²) in [6, 6.07) is 12.0. The summed E-state index contributed by atoms with van der Waals surface area (Å²) in [6.07, 6.45) is 2.05. The number of aryl methyl sites for hydroxylation is 3. The molecule has 0 bridgehead atoms. The molecule has 5 heteroatoms. The van der Waals surface area contributed by atoms with Crippen LogP contribution in [0.25, 0.3) is 11.3 Å². The van der Waals surface area contributed by atoms with Crippen molar-refractivity contribution in [3.63, 3.8) is 0 Å². The van der Waals surface area contributed by atoms with Crippen molar-refractivity contribution in [1.82, 2.24) is 4.98 Å². The van der Waals surface area contributed by atoms with Crippen molar-refractivity contribution in [2.24, 2.45) is 0 Å². The van der Waals surface area contributed by atoms with Crippen molar-refractivity contribution in [1.29, 1.82) is 0 Å². The Bertz CT molecular complexity index is 902. The Hall–Kier alpha value is -2.04. The van der Waals surface area contributed by atoms with E-state index in [4.69, 9.17) is 21.3 Å². The maximum atomic E-state index is 5.94. The van der Waals surface area contributed by atoms with Gasteiger partial charge in [0.1, 0.15) is 5.75 Å². The molecular weight excluding hydrogens is 340 g/mol. The van der Waals surface area contributed by atoms with Crippen LogP contribution in [0.4, 0.5) is 10.8 Å². The van der Waals surface area contributed by atoms with Crippen LogP contribution in [0.2, 0.25) is 5.02 Å². The van der Waals surface area contributed by atoms with Crippen LogP contribution in [0.5, 0.6) is 5.75 Å². The quantitative estimate of drug-likeness (QED) is 0.661. The lowest BCUT2D eigenvalue weighted by Gasteiger charge is -2.17. The molecule has 1 N–H and O–H groups in total. The summed E-state index contributed by atoms with van der Waals surface area (Å²) in [5.41, 5.74) is 5.78. The average molecular weight is 357 g/mol. The number of halogens is 1. The SMILES string of the molecule is COc1cc2c(cc1C)-c1nc(Nc3ccc(Cl)cc3)sc1CC2. The molecule has 3 aromatic rings. The molecule has 0 aliphatic heterocycles. The minimum absolute atomic E-state index is 0.734. The number of ether oxygens (including phenoxy) is 1. The average Bonchev–Trinajstić information content (AvgIpc) is 2.99. The Labute approximate surface area is 150 Å². The predicted molar refractivity (Wildman–Crippen MR) is 101 cm³/mol. The van der Waals surface area contributed by atoms with Crippen LogP contribution in [-0.4, -0.2) is 12.1 Å². The number of nitrogens with one attached hydrogen (secondary N) is 1. The summed E-state index contributed by atoms with van der Waals surface area (Å²) in [6.45, 7) is 2.08. The first-order valence-corrected chi connectivity index (χ1v) is 9.03. The summed E-state index contributed by atoms with van der Waals surface area (Å²) >= 11 is 7.67. The normalized spacial score (nSPS) is 12.5. The van der Waals surface area contributed by atoms with E-state index in [9.17, 15) is 0 Å². The zero-order chi connectivity index (χ0) is 16.7. The molecule has 1 aliphatic rings. The molecule has 0 spiro atoms. The number of aromatic nitrogens is 1. The molecule has 4 rings (SSSR count). The number of nitrogens with zero attached hydrogens (tertiary/aromatic N) is 1. The van der Waals surface area contributed by atoms with Gasteiger partial charge in [0.15, 0.2) is 5.13 Å². The summed E-state index contributed by atoms with van der Waals surface area (Å²) in [7, 11) is 1.72. The van der Waals surface area contributed by atoms with Gasteiger partial charge in [-0.05, 0) is 67.3 Å². The Balaban J connectivity index is 1.70. The highest BCUT2D eigenvalue weighted by molar-refractivity contribution is 7.16. The Morgan fingerprint density at radius 1 is 1.17 bits per heavy atom. The van der Waals surface area contributed by atoms with E-state index in [2.05, 4.69) is 24.4 Å². The van der Waals surface area contributed by atoms with Gasteiger partial charge in [-0.2, -0.15) is 0 Å². The van der Waals surface area contributed by atoms with Gasteiger partial charge in [-0.15, -0.1) is 11.3 Å². The van der Waals surface area contributed by atoms with Gasteiger partial charge in [0.2, 0.25) is 0 Å². The van der Waals surface area contributed by atoms with Crippen LogP contribution in [-0.2, 0) is 12.8 Å². The molecule has 0 atom stereocenters. The van der Waals surface area contributed by atoms with Crippen molar-refractivity contribution < 1.29 is 4.74 Å². The maximum absolute atomic E-state index is 5.94. The fourth-order valence-corrected chi connectivity index (χ4v) is 4.19. The van der Waals surface area contributed by atoms with Gasteiger partial charge in [-0.25, -0.2) is 4.98 Å². The molecule has 0 fully saturated rings. The lowest BCUT2D eigenvalue weighted by molar-refractivity contribution is 0.411. The number of thiazole rings is 1. The van der Waals surface area contributed by atoms with E-state index in [1.165, 1.54) is 16.0 Å². The van der Waals surface area contributed by atoms with E-state index in [1.54, 1.807) is 18.4 Å². The predicted octanol–water partition coefficient (Wildman–Crippen LogP) is 5.62. The highest BCUT2D eigenvalue weighted by Gasteiger charge is 2.22. The van der Waals surface area contributed by atoms with Crippen molar-refractivity contribution >= 4 is 33.8 Å². The van der Waals surface area contributed by atoms with E-state index < -0.39 is 0 Å². The van der Waals surface area contributed by atoms with Gasteiger partial charge < -0.3 is 10.1 Å². The van der Waals surface area contributed by atoms with Crippen molar-refractivity contribution in [3.05, 3.63) is 57.4 Å². The molecular formula is C19H17ClN2OS. The number of methoxy groups -OCH3 is 1. The van der Waals surface area contributed by atoms with Gasteiger partial charge in [-0.1, -0.05) is 11.6 Å². The highest BCUT2D eigenvalue weighted by Crippen LogP contribution is 2.41. The molecule has 3 nitrogen and oxygen atoms in total. The Kier molecular flexibility index (Phi) is 3.94. The molecule has 2 aromatic carbocycles. The third-order valence-corrected chi connectivity index (χ3v) is 5.57. The second kappa shape index (κ2) is 6.11. The molecule has 0 amide bonds. The Morgan fingerprint density at radius 3 is 2.71 bits per heavy atom. The number of fused-ring (bicyclic) bond motifs is 3. The zero-order valence-corrected chi connectivity index (χ0v) is 15.1. The van der Waals surface area contributed by atoms with Crippen LogP contribution >= 0.6 is 22.9 Å². The van der Waals surface area contributed by atoms with Gasteiger partial charge in [-0.3, -0.25) is 0 Å². The second-order valence-electron chi connectivity index (χ2n) is 5.90. The smallest absolute Gasteiger partial charge is 0.187 e. The van der Waals surface area contributed by atoms with Crippen LogP contribution in [0.15, 0.2) is 36.4 Å². The monoisotopic (exact) mass is 356 g/mol. The van der Waals surface area contributed by atoms with Crippen LogP contribution in [0.3, 0.4) is 0 Å². The zero-order valence-electron chi connectivity index (χ0n) is 13.5. The van der Waals surface area contributed by atoms with Crippen molar-refractivity contribution in [2.75, 3.05) is 12.4 Å². The molecule has 1 aliphatic carbocycles. The molecule has 0 radical (unpaired) electrons. The first kappa shape index (κ1) is 15.5. The number of rotatable bonds is 3. The fourth-order valence-electron chi connectivity index (χ4n) is 3.07. The first-order valence-electron chi connectivity index (χ1n) is 7.84. The largest absolute Gasteiger partial charge is 0.496 e. The fraction of sp³-hybridized carbons (Fsp3) is 0.211. The topological polar surface area (TPSA) is 34.1 Å². The summed E-state index contributed by atoms with van der Waals surface area (Å²) in [4.78, 5) is 6.18. The first-order chi connectivity index (χ1) is 11.6. The van der Waals surface area contributed by atoms with Gasteiger partial charge in [0.25, 0.3) is 0 Å². The van der Waals surface area contributed by atoms with Crippen LogP contribution in [0.1, 0.15) is 16.0 Å². The second-order valence-corrected chi connectivity index (χ2v) is 7.42. The maximum Gasteiger partial charge on any atom is 0.187 e. The number of hydrogen-bond acceptors (Lipinski definition) is 4. The number of benzene rings is 2. The summed E-state index contributed by atoms with van der Waals surface area (Å²) in [5, 5.41) is 5.03. The lowest BCUT2D eigenvalue weighted by Crippen LogP contribution is -2.03. The molecule has 122 valence electrons. The Morgan fingerprint density at radius 2 is 1.96 bits per heavy atom. The molecule has 0 saturated carbocycles. The van der Waals surface area contributed by atoms with Gasteiger partial charge in [0.05, 0.1) is 12.8 Å². The summed E-state index contributed by atoms with van der Waals surface area (Å²) < 4.78 is 5.45. The van der Waals surface area contributed by atoms with Crippen LogP contribution < -0.4 is 10.1 Å². The number of hydrogen-bond donors (Lipinski definition) is 1. The molecule has 0 saturated heterocycles. The standard InChI is InChI=1S/C19H17ClN2OS/c1-11-9-15-12(10-16(11)23-2)3-8-17-18(15)22-19(24-17)21-14-6-4-13(20)5-7-14/h4-7,9-10H,3,8H2,1-2H3,(H,21,22). The van der Waals surface area contributed by atoms with Crippen molar-refractivity contribution in [3.8, 4) is 17.0 Å². The van der Waals surface area contributed by atoms with E-state index in [-0.39, 0.29) is 0 Å². The lowest BCUT2D eigenvalue weighted by atomic mass is 9.91. The van der Waals surface area contributed by atoms with Gasteiger partial charge in [0, 0.05) is 21.2 Å². The third-order valence-electron chi connectivity index (χ3n) is 4.29. The molecule has 1 aromatic heterocycles. The van der Waals surface area contributed by atoms with Crippen LogP contribution in [0, 0.1) is 6.92 Å². The third kappa shape index (κ3) is 2.76. The summed E-state index contributed by atoms with van der Waals surface area (Å²) in [5.74, 6) is 0.951. The molecule has 1 heterocycles. The molecule has 24 heavy (non-hydrogen) atoms. The number of anilines is 2. The van der Waals surface area contributed by atoms with Crippen molar-refractivity contribution in [2.45, 2.75) is 19.8 Å².